The van der Waals surface area contributed by atoms with Gasteiger partial charge in [0.15, 0.2) is 0 Å². The van der Waals surface area contributed by atoms with E-state index < -0.39 is 0 Å². The minimum Gasteiger partial charge on any atom is -0.339 e. The molecule has 0 spiro atoms. The Morgan fingerprint density at radius 1 is 1.03 bits per heavy atom. The van der Waals surface area contributed by atoms with E-state index in [9.17, 15) is 9.59 Å². The second-order valence-corrected chi connectivity index (χ2v) is 8.53. The van der Waals surface area contributed by atoms with Gasteiger partial charge in [0.2, 0.25) is 11.9 Å². The third-order valence-corrected chi connectivity index (χ3v) is 6.04. The lowest BCUT2D eigenvalue weighted by Crippen LogP contribution is -2.49. The lowest BCUT2D eigenvalue weighted by Gasteiger charge is -2.35. The zero-order valence-corrected chi connectivity index (χ0v) is 19.6. The van der Waals surface area contributed by atoms with Crippen molar-refractivity contribution in [3.8, 4) is 0 Å². The first-order chi connectivity index (χ1) is 15.6. The molecule has 1 N–H and O–H groups in total. The van der Waals surface area contributed by atoms with Crippen LogP contribution in [0.4, 0.5) is 5.95 Å². The fourth-order valence-electron chi connectivity index (χ4n) is 4.10. The summed E-state index contributed by atoms with van der Waals surface area (Å²) in [6, 6.07) is 11.9. The molecule has 0 unspecified atom stereocenters. The molecule has 7 nitrogen and oxygen atoms in total. The first-order valence-corrected chi connectivity index (χ1v) is 12.0. The highest BCUT2D eigenvalue weighted by Gasteiger charge is 2.22. The molecule has 0 bridgehead atoms. The van der Waals surface area contributed by atoms with Crippen molar-refractivity contribution >= 4 is 11.9 Å². The standard InChI is InChI=1S/C25H37N5O2/c1-3-5-6-10-13-24(32)29-14-16-30(17-15-29)25-26-22(18-23(31)27-25)20-28(4-2)19-21-11-8-7-9-12-21/h7-9,11-12,18H,3-6,10,13-17,19-20H2,1-2H3,(H,26,27,31). The number of unbranched alkanes of at least 4 members (excludes halogenated alkanes) is 3. The summed E-state index contributed by atoms with van der Waals surface area (Å²) >= 11 is 0. The van der Waals surface area contributed by atoms with Crippen LogP contribution in [-0.2, 0) is 17.9 Å². The van der Waals surface area contributed by atoms with E-state index >= 15 is 0 Å². The quantitative estimate of drug-likeness (QED) is 0.543. The third kappa shape index (κ3) is 7.19. The van der Waals surface area contributed by atoms with Crippen LogP contribution in [0.5, 0.6) is 0 Å². The zero-order chi connectivity index (χ0) is 22.8. The number of benzene rings is 1. The van der Waals surface area contributed by atoms with Crippen LogP contribution in [0.3, 0.4) is 0 Å². The van der Waals surface area contributed by atoms with Gasteiger partial charge in [-0.1, -0.05) is 63.4 Å². The number of hydrogen-bond donors (Lipinski definition) is 1. The first-order valence-electron chi connectivity index (χ1n) is 12.0. The van der Waals surface area contributed by atoms with Crippen molar-refractivity contribution in [1.82, 2.24) is 19.8 Å². The monoisotopic (exact) mass is 439 g/mol. The van der Waals surface area contributed by atoms with E-state index in [1.165, 1.54) is 18.4 Å². The van der Waals surface area contributed by atoms with Gasteiger partial charge in [0.25, 0.3) is 5.56 Å². The summed E-state index contributed by atoms with van der Waals surface area (Å²) in [5.41, 5.74) is 1.89. The fraction of sp³-hybridized carbons (Fsp3) is 0.560. The number of carbonyl (C=O) groups is 1. The Bertz CT molecular complexity index is 891. The van der Waals surface area contributed by atoms with Crippen molar-refractivity contribution < 1.29 is 4.79 Å². The normalized spacial score (nSPS) is 14.2. The second kappa shape index (κ2) is 12.4. The molecule has 2 heterocycles. The van der Waals surface area contributed by atoms with Crippen molar-refractivity contribution in [2.45, 2.75) is 59.0 Å². The maximum atomic E-state index is 12.4. The minimum absolute atomic E-state index is 0.129. The SMILES string of the molecule is CCCCCCC(=O)N1CCN(c2nc(CN(CC)Cc3ccccc3)cc(=O)[nH]2)CC1. The maximum absolute atomic E-state index is 12.4. The largest absolute Gasteiger partial charge is 0.339 e. The molecule has 0 aliphatic carbocycles. The highest BCUT2D eigenvalue weighted by molar-refractivity contribution is 5.76. The van der Waals surface area contributed by atoms with Crippen molar-refractivity contribution in [3.05, 3.63) is 58.0 Å². The lowest BCUT2D eigenvalue weighted by atomic mass is 10.1. The number of piperazine rings is 1. The van der Waals surface area contributed by atoms with Gasteiger partial charge in [-0.05, 0) is 18.5 Å². The molecule has 0 radical (unpaired) electrons. The molecular formula is C25H37N5O2. The Kier molecular flexibility index (Phi) is 9.28. The van der Waals surface area contributed by atoms with E-state index in [1.807, 2.05) is 23.1 Å². The number of aromatic nitrogens is 2. The van der Waals surface area contributed by atoms with E-state index in [4.69, 9.17) is 4.98 Å². The molecule has 174 valence electrons. The number of H-pyrrole nitrogens is 1. The van der Waals surface area contributed by atoms with Gasteiger partial charge in [-0.15, -0.1) is 0 Å². The van der Waals surface area contributed by atoms with Crippen molar-refractivity contribution in [3.63, 3.8) is 0 Å². The van der Waals surface area contributed by atoms with Gasteiger partial charge in [0.05, 0.1) is 5.69 Å². The first kappa shape index (κ1) is 24.0. The lowest BCUT2D eigenvalue weighted by molar-refractivity contribution is -0.131. The summed E-state index contributed by atoms with van der Waals surface area (Å²) < 4.78 is 0. The third-order valence-electron chi connectivity index (χ3n) is 6.04. The summed E-state index contributed by atoms with van der Waals surface area (Å²) in [5.74, 6) is 0.855. The summed E-state index contributed by atoms with van der Waals surface area (Å²) in [4.78, 5) is 38.7. The number of hydrogen-bond acceptors (Lipinski definition) is 5. The van der Waals surface area contributed by atoms with Crippen molar-refractivity contribution in [2.24, 2.45) is 0 Å². The van der Waals surface area contributed by atoms with Crippen LogP contribution in [-0.4, -0.2) is 58.4 Å². The molecule has 0 atom stereocenters. The van der Waals surface area contributed by atoms with Gasteiger partial charge in [-0.2, -0.15) is 0 Å². The molecule has 1 aromatic heterocycles. The molecule has 1 amide bonds. The number of nitrogens with one attached hydrogen (secondary N) is 1. The smallest absolute Gasteiger partial charge is 0.252 e. The van der Waals surface area contributed by atoms with Crippen molar-refractivity contribution in [1.29, 1.82) is 0 Å². The average molecular weight is 440 g/mol. The summed E-state index contributed by atoms with van der Waals surface area (Å²) in [6.45, 7) is 9.35. The number of anilines is 1. The van der Waals surface area contributed by atoms with E-state index in [1.54, 1.807) is 6.07 Å². The van der Waals surface area contributed by atoms with Gasteiger partial charge < -0.3 is 9.80 Å². The minimum atomic E-state index is -0.129. The molecule has 1 fully saturated rings. The van der Waals surface area contributed by atoms with Gasteiger partial charge in [-0.3, -0.25) is 19.5 Å². The number of carbonyl (C=O) groups excluding carboxylic acids is 1. The number of aromatic amines is 1. The fourth-order valence-corrected chi connectivity index (χ4v) is 4.10. The molecule has 7 heteroatoms. The molecule has 1 aromatic carbocycles. The van der Waals surface area contributed by atoms with E-state index in [0.29, 0.717) is 45.1 Å². The van der Waals surface area contributed by atoms with E-state index in [2.05, 4.69) is 40.8 Å². The maximum Gasteiger partial charge on any atom is 0.252 e. The topological polar surface area (TPSA) is 72.5 Å². The van der Waals surface area contributed by atoms with Gasteiger partial charge in [0, 0.05) is 51.8 Å². The van der Waals surface area contributed by atoms with Crippen LogP contribution in [0, 0.1) is 0 Å². The Morgan fingerprint density at radius 2 is 1.78 bits per heavy atom. The van der Waals surface area contributed by atoms with Crippen LogP contribution < -0.4 is 10.5 Å². The molecule has 1 saturated heterocycles. The second-order valence-electron chi connectivity index (χ2n) is 8.53. The van der Waals surface area contributed by atoms with E-state index in [0.717, 1.165) is 31.6 Å². The predicted molar refractivity (Wildman–Crippen MR) is 129 cm³/mol. The number of rotatable bonds is 11. The molecule has 1 aliphatic heterocycles. The zero-order valence-electron chi connectivity index (χ0n) is 19.6. The van der Waals surface area contributed by atoms with Gasteiger partial charge in [0.1, 0.15) is 0 Å². The van der Waals surface area contributed by atoms with E-state index in [-0.39, 0.29) is 11.5 Å². The molecule has 32 heavy (non-hydrogen) atoms. The Labute approximate surface area is 191 Å². The van der Waals surface area contributed by atoms with Crippen molar-refractivity contribution in [2.75, 3.05) is 37.6 Å². The van der Waals surface area contributed by atoms with Crippen LogP contribution in [0.2, 0.25) is 0 Å². The van der Waals surface area contributed by atoms with Gasteiger partial charge >= 0.3 is 0 Å². The van der Waals surface area contributed by atoms with Crippen LogP contribution >= 0.6 is 0 Å². The average Bonchev–Trinajstić information content (AvgIpc) is 2.81. The molecular weight excluding hydrogens is 402 g/mol. The highest BCUT2D eigenvalue weighted by atomic mass is 16.2. The Hall–Kier alpha value is -2.67. The van der Waals surface area contributed by atoms with Gasteiger partial charge in [-0.25, -0.2) is 4.98 Å². The molecule has 3 rings (SSSR count). The van der Waals surface area contributed by atoms with Crippen LogP contribution in [0.25, 0.3) is 0 Å². The Morgan fingerprint density at radius 3 is 2.47 bits per heavy atom. The number of nitrogens with zero attached hydrogens (tertiary/aromatic N) is 4. The molecule has 1 aliphatic rings. The summed E-state index contributed by atoms with van der Waals surface area (Å²) in [7, 11) is 0. The molecule has 2 aromatic rings. The number of amides is 1. The molecule has 0 saturated carbocycles. The van der Waals surface area contributed by atoms with Crippen LogP contribution in [0.15, 0.2) is 41.2 Å². The summed E-state index contributed by atoms with van der Waals surface area (Å²) in [6.07, 6.45) is 5.11. The van der Waals surface area contributed by atoms with Crippen LogP contribution in [0.1, 0.15) is 57.2 Å². The summed E-state index contributed by atoms with van der Waals surface area (Å²) in [5, 5.41) is 0. The predicted octanol–water partition coefficient (Wildman–Crippen LogP) is 3.41. The highest BCUT2D eigenvalue weighted by Crippen LogP contribution is 2.14. The Balaban J connectivity index is 1.56.